The molecule has 0 bridgehead atoms. The fourth-order valence-electron chi connectivity index (χ4n) is 6.40. The van der Waals surface area contributed by atoms with Crippen molar-refractivity contribution in [2.45, 2.75) is 6.54 Å². The highest BCUT2D eigenvalue weighted by molar-refractivity contribution is 7.20. The highest BCUT2D eigenvalue weighted by atomic mass is 19.2. The summed E-state index contributed by atoms with van der Waals surface area (Å²) in [6.45, 7) is 0.210. The molecule has 0 saturated heterocycles. The Morgan fingerprint density at radius 1 is 0.452 bits per heavy atom. The van der Waals surface area contributed by atoms with Crippen molar-refractivity contribution in [3.63, 3.8) is 0 Å². The lowest BCUT2D eigenvalue weighted by molar-refractivity contribution is -0.683. The van der Waals surface area contributed by atoms with Gasteiger partial charge in [-0.2, -0.15) is 9.83 Å². The number of carbonyl (C=O) groups excluding carboxylic acids is 1. The maximum atomic E-state index is 15.4. The van der Waals surface area contributed by atoms with Gasteiger partial charge in [0.25, 0.3) is 0 Å². The van der Waals surface area contributed by atoms with Gasteiger partial charge in [-0.1, -0.05) is 12.1 Å². The number of nitriles is 1. The Balaban J connectivity index is 0.000000355. The summed E-state index contributed by atoms with van der Waals surface area (Å²) in [5.74, 6) is -71.5. The molecule has 0 aliphatic carbocycles. The van der Waals surface area contributed by atoms with E-state index >= 15 is 35.1 Å². The SMILES string of the molecule is Fc1c(F)c(F)c([B-](c2c(F)c(F)c(F)c(F)c2F)(c2c(F)c(F)c(F)c(F)c2F)c2c(F)c(F)c(F)c(F)c2F)c(F)c1F.N#Cc1ccccc1C(=O)C[n+]1ccncc1. The number of Topliss-reactive ketones (excluding diaryl/α,β-unsaturated/α-hetero) is 1. The van der Waals surface area contributed by atoms with Crippen molar-refractivity contribution in [1.29, 1.82) is 5.26 Å². The predicted octanol–water partition coefficient (Wildman–Crippen LogP) is 6.97. The maximum Gasteiger partial charge on any atom is 0.228 e. The number of halogens is 20. The van der Waals surface area contributed by atoms with Crippen LogP contribution in [0.1, 0.15) is 15.9 Å². The van der Waals surface area contributed by atoms with E-state index in [-0.39, 0.29) is 12.3 Å². The van der Waals surface area contributed by atoms with Crippen LogP contribution in [0.25, 0.3) is 0 Å². The monoisotopic (exact) mass is 903 g/mol. The number of rotatable bonds is 7. The van der Waals surface area contributed by atoms with E-state index < -0.39 is 144 Å². The van der Waals surface area contributed by atoms with Crippen molar-refractivity contribution in [1.82, 2.24) is 4.98 Å². The van der Waals surface area contributed by atoms with Gasteiger partial charge in [-0.05, 0) is 12.1 Å². The van der Waals surface area contributed by atoms with Crippen LogP contribution in [0.15, 0.2) is 49.1 Å². The molecule has 25 heteroatoms. The number of ketones is 1. The Morgan fingerprint density at radius 2 is 0.710 bits per heavy atom. The smallest absolute Gasteiger partial charge is 0.228 e. The first-order chi connectivity index (χ1) is 29.0. The van der Waals surface area contributed by atoms with Crippen LogP contribution >= 0.6 is 0 Å². The summed E-state index contributed by atoms with van der Waals surface area (Å²) in [5.41, 5.74) is -13.5. The number of carbonyl (C=O) groups is 1. The van der Waals surface area contributed by atoms with Gasteiger partial charge in [-0.25, -0.2) is 87.8 Å². The molecule has 6 rings (SSSR count). The van der Waals surface area contributed by atoms with E-state index in [0.717, 1.165) is 0 Å². The summed E-state index contributed by atoms with van der Waals surface area (Å²) in [4.78, 5) is 15.9. The predicted molar refractivity (Wildman–Crippen MR) is 169 cm³/mol. The van der Waals surface area contributed by atoms with E-state index in [1.807, 2.05) is 6.07 Å². The number of nitrogens with zero attached hydrogens (tertiary/aromatic N) is 3. The lowest BCUT2D eigenvalue weighted by Crippen LogP contribution is -2.81. The Kier molecular flexibility index (Phi) is 12.8. The Morgan fingerprint density at radius 3 is 0.984 bits per heavy atom. The zero-order valence-electron chi connectivity index (χ0n) is 29.2. The van der Waals surface area contributed by atoms with Gasteiger partial charge < -0.3 is 0 Å². The van der Waals surface area contributed by atoms with E-state index in [1.54, 1.807) is 53.6 Å². The van der Waals surface area contributed by atoms with Crippen LogP contribution in [0.4, 0.5) is 87.8 Å². The van der Waals surface area contributed by atoms with Crippen LogP contribution in [0.2, 0.25) is 0 Å². The van der Waals surface area contributed by atoms with Crippen LogP contribution in [-0.4, -0.2) is 16.9 Å². The first-order valence-electron chi connectivity index (χ1n) is 16.1. The lowest BCUT2D eigenvalue weighted by Gasteiger charge is -2.44. The highest BCUT2D eigenvalue weighted by Crippen LogP contribution is 2.30. The molecule has 5 aromatic carbocycles. The Hall–Kier alpha value is -7.00. The third-order valence-electron chi connectivity index (χ3n) is 9.07. The highest BCUT2D eigenvalue weighted by Gasteiger charge is 2.52. The van der Waals surface area contributed by atoms with Gasteiger partial charge in [0.15, 0.2) is 82.2 Å². The molecule has 62 heavy (non-hydrogen) atoms. The summed E-state index contributed by atoms with van der Waals surface area (Å²) in [7, 11) is 0. The largest absolute Gasteiger partial charge is 0.287 e. The summed E-state index contributed by atoms with van der Waals surface area (Å²) >= 11 is 0. The van der Waals surface area contributed by atoms with Gasteiger partial charge in [-0.15, -0.1) is 21.9 Å². The molecule has 0 fully saturated rings. The molecule has 0 spiro atoms. The Bertz CT molecular complexity index is 2490. The maximum absolute atomic E-state index is 15.4. The van der Waals surface area contributed by atoms with Crippen molar-refractivity contribution in [3.8, 4) is 6.07 Å². The minimum atomic E-state index is -7.22. The van der Waals surface area contributed by atoms with E-state index in [9.17, 15) is 57.5 Å². The molecule has 0 atom stereocenters. The van der Waals surface area contributed by atoms with E-state index in [2.05, 4.69) is 4.98 Å². The minimum absolute atomic E-state index is 0.0849. The van der Waals surface area contributed by atoms with Gasteiger partial charge in [0.1, 0.15) is 52.7 Å². The van der Waals surface area contributed by atoms with E-state index in [0.29, 0.717) is 11.1 Å². The second-order valence-corrected chi connectivity index (χ2v) is 12.3. The zero-order valence-corrected chi connectivity index (χ0v) is 29.2. The second-order valence-electron chi connectivity index (χ2n) is 12.3. The molecule has 6 aromatic rings. The van der Waals surface area contributed by atoms with Crippen LogP contribution < -0.4 is 26.4 Å². The molecule has 1 aromatic heterocycles. The topological polar surface area (TPSA) is 57.6 Å². The molecule has 0 N–H and O–H groups in total. The molecule has 0 aliphatic rings. The average molecular weight is 903 g/mol. The van der Waals surface area contributed by atoms with Crippen molar-refractivity contribution in [3.05, 3.63) is 177 Å². The third-order valence-corrected chi connectivity index (χ3v) is 9.07. The van der Waals surface area contributed by atoms with Crippen LogP contribution in [0, 0.1) is 128 Å². The molecule has 0 saturated carbocycles. The minimum Gasteiger partial charge on any atom is -0.287 e. The van der Waals surface area contributed by atoms with Gasteiger partial charge in [0.05, 0.1) is 24.0 Å². The summed E-state index contributed by atoms with van der Waals surface area (Å²) in [6, 6.07) is 8.83. The first kappa shape index (κ1) is 46.1. The van der Waals surface area contributed by atoms with Crippen molar-refractivity contribution in [2.75, 3.05) is 0 Å². The fraction of sp³-hybridized carbons (Fsp3) is 0.0270. The van der Waals surface area contributed by atoms with Crippen molar-refractivity contribution in [2.24, 2.45) is 0 Å². The Labute approximate surface area is 330 Å². The van der Waals surface area contributed by atoms with E-state index in [1.165, 1.54) is 0 Å². The van der Waals surface area contributed by atoms with Crippen molar-refractivity contribution < 1.29 is 97.2 Å². The molecular weight excluding hydrogens is 893 g/mol. The van der Waals surface area contributed by atoms with Gasteiger partial charge in [0, 0.05) is 5.56 Å². The van der Waals surface area contributed by atoms with Crippen LogP contribution in [0.3, 0.4) is 0 Å². The molecule has 0 unspecified atom stereocenters. The zero-order chi connectivity index (χ0) is 46.4. The second kappa shape index (κ2) is 17.2. The number of aromatic nitrogens is 2. The van der Waals surface area contributed by atoms with Crippen LogP contribution in [-0.2, 0) is 6.54 Å². The molecule has 0 amide bonds. The average Bonchev–Trinajstić information content (AvgIpc) is 3.26. The standard InChI is InChI=1S/C24BF20.C13H10N3O/c26-5-1(6(27)14(35)21(42)13(5)34)25(2-7(28)15(36)22(43)16(37)8(2)29,3-9(30)17(38)23(44)18(39)10(3)31)4-11(32)19(40)24(45)20(41)12(4)33;14-9-11-3-1-2-4-12(11)13(17)10-16-7-5-15-6-8-16/h;1-8H,10H2/q-1;+1. The van der Waals surface area contributed by atoms with Gasteiger partial charge >= 0.3 is 0 Å². The summed E-state index contributed by atoms with van der Waals surface area (Å²) in [5, 5.41) is 8.91. The van der Waals surface area contributed by atoms with E-state index in [4.69, 9.17) is 5.26 Å². The van der Waals surface area contributed by atoms with Gasteiger partial charge in [0.2, 0.25) is 12.3 Å². The molecule has 4 nitrogen and oxygen atoms in total. The third kappa shape index (κ3) is 7.11. The molecule has 0 radical (unpaired) electrons. The molecule has 322 valence electrons. The molecular formula is C37H10BF20N3O. The number of hydrogen-bond acceptors (Lipinski definition) is 3. The van der Waals surface area contributed by atoms with Crippen LogP contribution in [0.5, 0.6) is 0 Å². The number of hydrogen-bond donors (Lipinski definition) is 0. The molecule has 0 aliphatic heterocycles. The van der Waals surface area contributed by atoms with Gasteiger partial charge in [-0.3, -0.25) is 9.78 Å². The summed E-state index contributed by atoms with van der Waals surface area (Å²) in [6.07, 6.45) is -0.558. The lowest BCUT2D eigenvalue weighted by atomic mass is 9.12. The normalized spacial score (nSPS) is 11.3. The summed E-state index contributed by atoms with van der Waals surface area (Å²) < 4.78 is 296. The fourth-order valence-corrected chi connectivity index (χ4v) is 6.40. The molecule has 1 heterocycles. The number of benzene rings is 5. The van der Waals surface area contributed by atoms with Crippen molar-refractivity contribution >= 4 is 33.8 Å². The first-order valence-corrected chi connectivity index (χ1v) is 16.1. The quantitative estimate of drug-likeness (QED) is 0.0435.